The zero-order valence-electron chi connectivity index (χ0n) is 15.2. The first-order valence-corrected chi connectivity index (χ1v) is 9.95. The number of fused-ring (bicyclic) bond motifs is 1. The summed E-state index contributed by atoms with van der Waals surface area (Å²) in [5, 5.41) is 0. The topological polar surface area (TPSA) is 67.9 Å². The van der Waals surface area contributed by atoms with E-state index >= 15 is 0 Å². The molecule has 26 heavy (non-hydrogen) atoms. The van der Waals surface area contributed by atoms with Crippen molar-refractivity contribution in [3.05, 3.63) is 53.6 Å². The molecule has 0 spiro atoms. The molecule has 1 atom stereocenters. The maximum Gasteiger partial charge on any atom is 0.240 e. The quantitative estimate of drug-likeness (QED) is 0.802. The number of hydrogen-bond donors (Lipinski definition) is 1. The Kier molecular flexibility index (Phi) is 5.50. The molecule has 0 amide bonds. The van der Waals surface area contributed by atoms with Gasteiger partial charge in [0.05, 0.1) is 18.6 Å². The molecule has 0 fully saturated rings. The second-order valence-electron chi connectivity index (χ2n) is 6.48. The number of likely N-dealkylation sites (N-methyl/N-ethyl adjacent to an activating group) is 1. The van der Waals surface area contributed by atoms with Crippen LogP contribution in [0.4, 0.5) is 0 Å². The van der Waals surface area contributed by atoms with Gasteiger partial charge in [0.1, 0.15) is 11.5 Å². The molecule has 1 N–H and O–H groups in total. The smallest absolute Gasteiger partial charge is 0.240 e. The van der Waals surface area contributed by atoms with E-state index in [2.05, 4.69) is 10.8 Å². The van der Waals surface area contributed by atoms with Crippen molar-refractivity contribution >= 4 is 10.0 Å². The monoisotopic (exact) mass is 376 g/mol. The van der Waals surface area contributed by atoms with Gasteiger partial charge in [-0.3, -0.25) is 0 Å². The molecule has 2 aromatic rings. The van der Waals surface area contributed by atoms with Gasteiger partial charge < -0.3 is 14.4 Å². The van der Waals surface area contributed by atoms with Crippen molar-refractivity contribution in [3.8, 4) is 11.5 Å². The molecule has 1 aliphatic heterocycles. The van der Waals surface area contributed by atoms with E-state index in [0.717, 1.165) is 17.7 Å². The lowest BCUT2D eigenvalue weighted by Gasteiger charge is -2.25. The van der Waals surface area contributed by atoms with Crippen molar-refractivity contribution in [1.82, 2.24) is 9.62 Å². The number of ether oxygens (including phenoxy) is 2. The zero-order valence-corrected chi connectivity index (χ0v) is 16.0. The molecule has 0 saturated carbocycles. The molecule has 2 aromatic carbocycles. The molecule has 1 aliphatic rings. The first-order chi connectivity index (χ1) is 12.4. The average molecular weight is 376 g/mol. The Morgan fingerprint density at radius 3 is 2.77 bits per heavy atom. The second-order valence-corrected chi connectivity index (χ2v) is 8.24. The third kappa shape index (κ3) is 4.00. The first-order valence-electron chi connectivity index (χ1n) is 8.46. The fourth-order valence-corrected chi connectivity index (χ4v) is 4.13. The molecule has 0 bridgehead atoms. The van der Waals surface area contributed by atoms with Gasteiger partial charge in [0, 0.05) is 25.1 Å². The lowest BCUT2D eigenvalue weighted by molar-refractivity contribution is 0.299. The minimum absolute atomic E-state index is 0.0821. The van der Waals surface area contributed by atoms with E-state index in [1.807, 2.05) is 31.1 Å². The Labute approximate surface area is 154 Å². The minimum Gasteiger partial charge on any atom is -0.497 e. The van der Waals surface area contributed by atoms with Crippen molar-refractivity contribution in [2.75, 3.05) is 34.4 Å². The molecule has 3 rings (SSSR count). The maximum absolute atomic E-state index is 12.6. The average Bonchev–Trinajstić information content (AvgIpc) is 3.09. The van der Waals surface area contributed by atoms with E-state index in [1.54, 1.807) is 18.2 Å². The Morgan fingerprint density at radius 2 is 2.04 bits per heavy atom. The highest BCUT2D eigenvalue weighted by atomic mass is 32.2. The standard InChI is InChI=1S/C19H24N2O4S/c1-21(2)18(14-7-8-19-15(11-14)9-10-25-19)13-20-26(22,23)17-6-4-5-16(12-17)24-3/h4-8,11-12,18,20H,9-10,13H2,1-3H3. The van der Waals surface area contributed by atoms with Crippen LogP contribution in [0.25, 0.3) is 0 Å². The van der Waals surface area contributed by atoms with Crippen LogP contribution in [0, 0.1) is 0 Å². The molecule has 1 unspecified atom stereocenters. The van der Waals surface area contributed by atoms with Gasteiger partial charge in [0.2, 0.25) is 10.0 Å². The normalized spacial score (nSPS) is 14.8. The van der Waals surface area contributed by atoms with Gasteiger partial charge in [-0.2, -0.15) is 0 Å². The molecular weight excluding hydrogens is 352 g/mol. The number of hydrogen-bond acceptors (Lipinski definition) is 5. The van der Waals surface area contributed by atoms with Gasteiger partial charge in [0.15, 0.2) is 0 Å². The molecule has 1 heterocycles. The summed E-state index contributed by atoms with van der Waals surface area (Å²) in [7, 11) is 1.77. The van der Waals surface area contributed by atoms with Crippen molar-refractivity contribution < 1.29 is 17.9 Å². The number of rotatable bonds is 7. The second kappa shape index (κ2) is 7.65. The third-order valence-electron chi connectivity index (χ3n) is 4.54. The van der Waals surface area contributed by atoms with Crippen LogP contribution in [0.1, 0.15) is 17.2 Å². The van der Waals surface area contributed by atoms with Gasteiger partial charge in [0.25, 0.3) is 0 Å². The fraction of sp³-hybridized carbons (Fsp3) is 0.368. The largest absolute Gasteiger partial charge is 0.497 e. The summed E-state index contributed by atoms with van der Waals surface area (Å²) in [5.74, 6) is 1.43. The van der Waals surface area contributed by atoms with Crippen molar-refractivity contribution in [1.29, 1.82) is 0 Å². The molecule has 0 aromatic heterocycles. The van der Waals surface area contributed by atoms with Crippen LogP contribution in [-0.4, -0.2) is 47.7 Å². The summed E-state index contributed by atoms with van der Waals surface area (Å²) in [6, 6.07) is 12.4. The van der Waals surface area contributed by atoms with E-state index < -0.39 is 10.0 Å². The van der Waals surface area contributed by atoms with Crippen LogP contribution in [-0.2, 0) is 16.4 Å². The third-order valence-corrected chi connectivity index (χ3v) is 5.96. The van der Waals surface area contributed by atoms with Crippen molar-refractivity contribution in [2.24, 2.45) is 0 Å². The van der Waals surface area contributed by atoms with Gasteiger partial charge in [-0.25, -0.2) is 13.1 Å². The van der Waals surface area contributed by atoms with Gasteiger partial charge in [-0.05, 0) is 43.4 Å². The summed E-state index contributed by atoms with van der Waals surface area (Å²) in [5.41, 5.74) is 2.23. The van der Waals surface area contributed by atoms with Crippen molar-refractivity contribution in [3.63, 3.8) is 0 Å². The Hall–Kier alpha value is -2.09. The summed E-state index contributed by atoms with van der Waals surface area (Å²) in [6.45, 7) is 0.972. The van der Waals surface area contributed by atoms with Crippen LogP contribution in [0.15, 0.2) is 47.4 Å². The summed E-state index contributed by atoms with van der Waals surface area (Å²) < 4.78 is 38.7. The highest BCUT2D eigenvalue weighted by Gasteiger charge is 2.22. The highest BCUT2D eigenvalue weighted by Crippen LogP contribution is 2.29. The fourth-order valence-electron chi connectivity index (χ4n) is 3.05. The van der Waals surface area contributed by atoms with E-state index in [4.69, 9.17) is 9.47 Å². The molecule has 0 saturated heterocycles. The molecule has 140 valence electrons. The highest BCUT2D eigenvalue weighted by molar-refractivity contribution is 7.89. The first kappa shape index (κ1) is 18.7. The number of nitrogens with zero attached hydrogens (tertiary/aromatic N) is 1. The van der Waals surface area contributed by atoms with Crippen LogP contribution in [0.3, 0.4) is 0 Å². The SMILES string of the molecule is COc1cccc(S(=O)(=O)NCC(c2ccc3c(c2)CCO3)N(C)C)c1. The predicted octanol–water partition coefficient (Wildman–Crippen LogP) is 2.21. The molecule has 7 heteroatoms. The lowest BCUT2D eigenvalue weighted by Crippen LogP contribution is -2.34. The van der Waals surface area contributed by atoms with E-state index in [1.165, 1.54) is 18.7 Å². The maximum atomic E-state index is 12.6. The summed E-state index contributed by atoms with van der Waals surface area (Å²) in [6.07, 6.45) is 0.888. The zero-order chi connectivity index (χ0) is 18.7. The van der Waals surface area contributed by atoms with E-state index in [-0.39, 0.29) is 17.5 Å². The number of sulfonamides is 1. The number of nitrogens with one attached hydrogen (secondary N) is 1. The number of methoxy groups -OCH3 is 1. The Bertz CT molecular complexity index is 881. The van der Waals surface area contributed by atoms with Gasteiger partial charge >= 0.3 is 0 Å². The molecule has 6 nitrogen and oxygen atoms in total. The molecule has 0 radical (unpaired) electrons. The van der Waals surface area contributed by atoms with Crippen molar-refractivity contribution in [2.45, 2.75) is 17.4 Å². The van der Waals surface area contributed by atoms with E-state index in [0.29, 0.717) is 12.4 Å². The number of benzene rings is 2. The lowest BCUT2D eigenvalue weighted by atomic mass is 10.0. The van der Waals surface area contributed by atoms with Crippen LogP contribution in [0.5, 0.6) is 11.5 Å². The summed E-state index contributed by atoms with van der Waals surface area (Å²) >= 11 is 0. The van der Waals surface area contributed by atoms with Gasteiger partial charge in [-0.15, -0.1) is 0 Å². The van der Waals surface area contributed by atoms with Crippen LogP contribution >= 0.6 is 0 Å². The molecular formula is C19H24N2O4S. The van der Waals surface area contributed by atoms with Gasteiger partial charge in [-0.1, -0.05) is 18.2 Å². The summed E-state index contributed by atoms with van der Waals surface area (Å²) in [4.78, 5) is 2.20. The molecule has 0 aliphatic carbocycles. The Balaban J connectivity index is 1.78. The van der Waals surface area contributed by atoms with E-state index in [9.17, 15) is 8.42 Å². The Morgan fingerprint density at radius 1 is 1.23 bits per heavy atom. The minimum atomic E-state index is -3.62. The predicted molar refractivity (Wildman–Crippen MR) is 100 cm³/mol. The van der Waals surface area contributed by atoms with Crippen LogP contribution in [0.2, 0.25) is 0 Å². The van der Waals surface area contributed by atoms with Crippen LogP contribution < -0.4 is 14.2 Å².